The van der Waals surface area contributed by atoms with Gasteiger partial charge in [0, 0.05) is 17.5 Å². The SMILES string of the molecule is CCCCCC/C=C/CCCCCCCc1ccc(C(C)(C)C)c(O)c1Cc1c(CCCCCCC/C=C/CCCCCC)ccc(C(C)(C)C)c1O. The van der Waals surface area contributed by atoms with Crippen LogP contribution in [0.5, 0.6) is 11.5 Å². The predicted octanol–water partition coefficient (Wildman–Crippen LogP) is 16.1. The molecule has 0 bridgehead atoms. The number of aryl methyl sites for hydroxylation is 2. The first kappa shape index (κ1) is 46.7. The highest BCUT2D eigenvalue weighted by molar-refractivity contribution is 5.55. The summed E-state index contributed by atoms with van der Waals surface area (Å²) in [6, 6.07) is 8.84. The maximum atomic E-state index is 11.9. The van der Waals surface area contributed by atoms with Crippen molar-refractivity contribution >= 4 is 0 Å². The zero-order valence-corrected chi connectivity index (χ0v) is 36.2. The minimum absolute atomic E-state index is 0.163. The summed E-state index contributed by atoms with van der Waals surface area (Å²) in [4.78, 5) is 0. The van der Waals surface area contributed by atoms with Gasteiger partial charge in [-0.25, -0.2) is 0 Å². The number of benzene rings is 2. The number of rotatable bonds is 28. The molecular formula is C51H84O2. The molecular weight excluding hydrogens is 645 g/mol. The van der Waals surface area contributed by atoms with Crippen molar-refractivity contribution in [3.63, 3.8) is 0 Å². The Morgan fingerprint density at radius 1 is 0.415 bits per heavy atom. The summed E-state index contributed by atoms with van der Waals surface area (Å²) >= 11 is 0. The smallest absolute Gasteiger partial charge is 0.123 e. The lowest BCUT2D eigenvalue weighted by Crippen LogP contribution is -2.15. The summed E-state index contributed by atoms with van der Waals surface area (Å²) in [7, 11) is 0. The van der Waals surface area contributed by atoms with Crippen LogP contribution in [0, 0.1) is 0 Å². The van der Waals surface area contributed by atoms with E-state index in [4.69, 9.17) is 0 Å². The lowest BCUT2D eigenvalue weighted by molar-refractivity contribution is 0.433. The van der Waals surface area contributed by atoms with E-state index in [0.29, 0.717) is 17.9 Å². The largest absolute Gasteiger partial charge is 0.507 e. The fourth-order valence-corrected chi connectivity index (χ4v) is 7.67. The molecule has 2 aromatic carbocycles. The number of phenolic OH excluding ortho intramolecular Hbond substituents is 2. The summed E-state index contributed by atoms with van der Waals surface area (Å²) in [6.07, 6.45) is 40.0. The number of unbranched alkanes of at least 4 members (excludes halogenated alkanes) is 18. The van der Waals surface area contributed by atoms with Gasteiger partial charge < -0.3 is 10.2 Å². The first-order valence-corrected chi connectivity index (χ1v) is 22.4. The molecule has 0 atom stereocenters. The van der Waals surface area contributed by atoms with E-state index in [1.165, 1.54) is 140 Å². The van der Waals surface area contributed by atoms with Gasteiger partial charge in [-0.2, -0.15) is 0 Å². The standard InChI is InChI=1S/C51H84O2/c1-9-11-13-15-17-19-21-23-25-27-29-31-33-35-42-37-39-46(50(3,4)5)48(52)44(42)41-45-43(38-40-47(49(45)53)51(6,7)8)36-34-32-30-28-26-24-22-20-18-16-14-12-10-2/h19-22,37-40,52-53H,9-18,23-36,41H2,1-8H3/b21-19+,22-20+. The fraction of sp³-hybridized carbons (Fsp3) is 0.686. The van der Waals surface area contributed by atoms with Gasteiger partial charge in [0.05, 0.1) is 0 Å². The topological polar surface area (TPSA) is 40.5 Å². The quantitative estimate of drug-likeness (QED) is 0.0676. The molecule has 0 aromatic heterocycles. The maximum Gasteiger partial charge on any atom is 0.123 e. The fourth-order valence-electron chi connectivity index (χ4n) is 7.67. The third-order valence-electron chi connectivity index (χ3n) is 11.1. The minimum Gasteiger partial charge on any atom is -0.507 e. The molecule has 2 aromatic rings. The van der Waals surface area contributed by atoms with E-state index in [1.54, 1.807) is 0 Å². The number of aromatic hydroxyl groups is 2. The number of hydrogen-bond acceptors (Lipinski definition) is 2. The molecule has 0 spiro atoms. The van der Waals surface area contributed by atoms with Gasteiger partial charge in [0.2, 0.25) is 0 Å². The van der Waals surface area contributed by atoms with Crippen molar-refractivity contribution in [1.29, 1.82) is 0 Å². The van der Waals surface area contributed by atoms with Crippen molar-refractivity contribution in [2.75, 3.05) is 0 Å². The zero-order valence-electron chi connectivity index (χ0n) is 36.2. The molecule has 300 valence electrons. The van der Waals surface area contributed by atoms with Crippen LogP contribution in [-0.2, 0) is 30.1 Å². The highest BCUT2D eigenvalue weighted by Gasteiger charge is 2.26. The van der Waals surface area contributed by atoms with E-state index in [9.17, 15) is 10.2 Å². The Morgan fingerprint density at radius 2 is 0.717 bits per heavy atom. The first-order chi connectivity index (χ1) is 25.4. The van der Waals surface area contributed by atoms with Crippen LogP contribution in [0.3, 0.4) is 0 Å². The van der Waals surface area contributed by atoms with Crippen LogP contribution in [-0.4, -0.2) is 10.2 Å². The van der Waals surface area contributed by atoms with Crippen molar-refractivity contribution in [2.24, 2.45) is 0 Å². The zero-order chi connectivity index (χ0) is 39.0. The van der Waals surface area contributed by atoms with Gasteiger partial charge in [0.1, 0.15) is 11.5 Å². The van der Waals surface area contributed by atoms with Crippen LogP contribution in [0.1, 0.15) is 230 Å². The molecule has 0 unspecified atom stereocenters. The molecule has 0 saturated carbocycles. The average molecular weight is 729 g/mol. The van der Waals surface area contributed by atoms with Crippen LogP contribution < -0.4 is 0 Å². The molecule has 0 aliphatic carbocycles. The Bertz CT molecular complexity index is 1210. The predicted molar refractivity (Wildman–Crippen MR) is 235 cm³/mol. The van der Waals surface area contributed by atoms with Crippen molar-refractivity contribution in [3.8, 4) is 11.5 Å². The molecule has 2 nitrogen and oxygen atoms in total. The van der Waals surface area contributed by atoms with Crippen LogP contribution >= 0.6 is 0 Å². The van der Waals surface area contributed by atoms with Crippen LogP contribution in [0.4, 0.5) is 0 Å². The molecule has 0 saturated heterocycles. The van der Waals surface area contributed by atoms with E-state index < -0.39 is 0 Å². The Kier molecular flexibility index (Phi) is 23.2. The second kappa shape index (κ2) is 26.3. The third kappa shape index (κ3) is 18.6. The summed E-state index contributed by atoms with van der Waals surface area (Å²) in [6.45, 7) is 17.6. The Balaban J connectivity index is 2.07. The van der Waals surface area contributed by atoms with E-state index in [2.05, 4.69) is 104 Å². The molecule has 53 heavy (non-hydrogen) atoms. The van der Waals surface area contributed by atoms with Gasteiger partial charge in [0.15, 0.2) is 0 Å². The average Bonchev–Trinajstić information content (AvgIpc) is 3.10. The van der Waals surface area contributed by atoms with Crippen molar-refractivity contribution in [1.82, 2.24) is 0 Å². The summed E-state index contributed by atoms with van der Waals surface area (Å²) in [5.41, 5.74) is 6.17. The molecule has 2 heteroatoms. The molecule has 0 heterocycles. The Morgan fingerprint density at radius 3 is 1.04 bits per heavy atom. The van der Waals surface area contributed by atoms with Crippen molar-refractivity contribution in [3.05, 3.63) is 82.0 Å². The molecule has 2 rings (SSSR count). The molecule has 0 radical (unpaired) electrons. The maximum absolute atomic E-state index is 11.9. The van der Waals surface area contributed by atoms with Gasteiger partial charge in [-0.1, -0.05) is 181 Å². The molecule has 0 aliphatic rings. The van der Waals surface area contributed by atoms with Gasteiger partial charge in [-0.3, -0.25) is 0 Å². The Hall–Kier alpha value is -2.48. The number of phenols is 2. The lowest BCUT2D eigenvalue weighted by Gasteiger charge is -2.26. The third-order valence-corrected chi connectivity index (χ3v) is 11.1. The monoisotopic (exact) mass is 729 g/mol. The summed E-state index contributed by atoms with van der Waals surface area (Å²) < 4.78 is 0. The van der Waals surface area contributed by atoms with E-state index in [0.717, 1.165) is 47.9 Å². The van der Waals surface area contributed by atoms with E-state index in [-0.39, 0.29) is 10.8 Å². The first-order valence-electron chi connectivity index (χ1n) is 22.4. The minimum atomic E-state index is -0.163. The molecule has 0 fully saturated rings. The van der Waals surface area contributed by atoms with Crippen molar-refractivity contribution < 1.29 is 10.2 Å². The van der Waals surface area contributed by atoms with E-state index in [1.807, 2.05) is 0 Å². The second-order valence-electron chi connectivity index (χ2n) is 18.1. The molecule has 0 amide bonds. The van der Waals surface area contributed by atoms with Crippen LogP contribution in [0.2, 0.25) is 0 Å². The lowest BCUT2D eigenvalue weighted by atomic mass is 9.80. The summed E-state index contributed by atoms with van der Waals surface area (Å²) in [5, 5.41) is 23.8. The van der Waals surface area contributed by atoms with Crippen LogP contribution in [0.15, 0.2) is 48.6 Å². The highest BCUT2D eigenvalue weighted by Crippen LogP contribution is 2.41. The van der Waals surface area contributed by atoms with Gasteiger partial charge >= 0.3 is 0 Å². The number of hydrogen-bond donors (Lipinski definition) is 2. The van der Waals surface area contributed by atoms with Gasteiger partial charge in [-0.05, 0) is 110 Å². The van der Waals surface area contributed by atoms with E-state index >= 15 is 0 Å². The van der Waals surface area contributed by atoms with Gasteiger partial charge in [-0.15, -0.1) is 0 Å². The second-order valence-corrected chi connectivity index (χ2v) is 18.1. The normalized spacial score (nSPS) is 12.5. The molecule has 2 N–H and O–H groups in total. The molecule has 0 aliphatic heterocycles. The van der Waals surface area contributed by atoms with Crippen LogP contribution in [0.25, 0.3) is 0 Å². The van der Waals surface area contributed by atoms with Crippen molar-refractivity contribution in [2.45, 2.75) is 227 Å². The summed E-state index contributed by atoms with van der Waals surface area (Å²) in [5.74, 6) is 0.857. The highest BCUT2D eigenvalue weighted by atomic mass is 16.3. The number of allylic oxidation sites excluding steroid dienone is 4. The van der Waals surface area contributed by atoms with Gasteiger partial charge in [0.25, 0.3) is 0 Å². The Labute approximate surface area is 329 Å².